The molecule has 0 aromatic heterocycles. The summed E-state index contributed by atoms with van der Waals surface area (Å²) in [5.41, 5.74) is -2.54. The van der Waals surface area contributed by atoms with Crippen LogP contribution in [0.25, 0.3) is 0 Å². The van der Waals surface area contributed by atoms with Crippen molar-refractivity contribution in [3.63, 3.8) is 0 Å². The molecule has 0 amide bonds. The van der Waals surface area contributed by atoms with E-state index < -0.39 is 17.0 Å². The van der Waals surface area contributed by atoms with Gasteiger partial charge in [0.15, 0.2) is 5.78 Å². The van der Waals surface area contributed by atoms with Gasteiger partial charge in [0.25, 0.3) is 0 Å². The van der Waals surface area contributed by atoms with Crippen LogP contribution in [0.4, 0.5) is 0 Å². The van der Waals surface area contributed by atoms with Gasteiger partial charge in [0, 0.05) is 12.8 Å². The molecule has 0 aliphatic carbocycles. The summed E-state index contributed by atoms with van der Waals surface area (Å²) in [7, 11) is 0. The van der Waals surface area contributed by atoms with E-state index in [4.69, 9.17) is 19.7 Å². The van der Waals surface area contributed by atoms with Crippen LogP contribution >= 0.6 is 0 Å². The van der Waals surface area contributed by atoms with Gasteiger partial charge in [-0.25, -0.2) is 0 Å². The minimum Gasteiger partial charge on any atom is -0.491 e. The SMILES string of the molecule is CC(O)(Cc1ccccc1OCCO)C(=O)C(C)(O)Cc1ccccc1OCCO. The second-order valence-corrected chi connectivity index (χ2v) is 7.59. The van der Waals surface area contributed by atoms with Gasteiger partial charge < -0.3 is 29.9 Å². The Bertz CT molecular complexity index is 762. The molecule has 0 aliphatic heterocycles. The summed E-state index contributed by atoms with van der Waals surface area (Å²) in [6.07, 6.45) is -0.126. The maximum atomic E-state index is 13.1. The molecule has 0 fully saturated rings. The van der Waals surface area contributed by atoms with Gasteiger partial charge in [-0.15, -0.1) is 0 Å². The van der Waals surface area contributed by atoms with E-state index in [-0.39, 0.29) is 39.3 Å². The lowest BCUT2D eigenvalue weighted by Gasteiger charge is -2.32. The molecule has 0 aliphatic rings. The molecule has 7 nitrogen and oxygen atoms in total. The Morgan fingerprint density at radius 1 is 0.767 bits per heavy atom. The fraction of sp³-hybridized carbons (Fsp3) is 0.435. The van der Waals surface area contributed by atoms with Crippen LogP contribution in [0, 0.1) is 0 Å². The summed E-state index contributed by atoms with van der Waals surface area (Å²) < 4.78 is 10.9. The molecule has 2 unspecified atom stereocenters. The summed E-state index contributed by atoms with van der Waals surface area (Å²) in [6.45, 7) is 2.60. The summed E-state index contributed by atoms with van der Waals surface area (Å²) in [4.78, 5) is 13.1. The van der Waals surface area contributed by atoms with Crippen molar-refractivity contribution in [2.45, 2.75) is 37.9 Å². The highest BCUT2D eigenvalue weighted by Crippen LogP contribution is 2.30. The van der Waals surface area contributed by atoms with Crippen molar-refractivity contribution in [3.8, 4) is 11.5 Å². The van der Waals surface area contributed by atoms with Crippen LogP contribution in [0.5, 0.6) is 11.5 Å². The number of carbonyl (C=O) groups excluding carboxylic acids is 1. The van der Waals surface area contributed by atoms with E-state index in [1.165, 1.54) is 13.8 Å². The molecule has 0 saturated heterocycles. The van der Waals surface area contributed by atoms with E-state index in [0.717, 1.165) is 0 Å². The lowest BCUT2D eigenvalue weighted by Crippen LogP contribution is -2.52. The number of benzene rings is 2. The highest BCUT2D eigenvalue weighted by Gasteiger charge is 2.43. The molecule has 2 atom stereocenters. The van der Waals surface area contributed by atoms with E-state index >= 15 is 0 Å². The molecule has 0 bridgehead atoms. The van der Waals surface area contributed by atoms with Gasteiger partial charge in [0.05, 0.1) is 13.2 Å². The number of hydrogen-bond acceptors (Lipinski definition) is 7. The molecule has 0 heterocycles. The van der Waals surface area contributed by atoms with E-state index in [9.17, 15) is 15.0 Å². The van der Waals surface area contributed by atoms with Crippen molar-refractivity contribution in [2.24, 2.45) is 0 Å². The van der Waals surface area contributed by atoms with Crippen molar-refractivity contribution < 1.29 is 34.7 Å². The maximum Gasteiger partial charge on any atom is 0.195 e. The van der Waals surface area contributed by atoms with Crippen molar-refractivity contribution in [2.75, 3.05) is 26.4 Å². The molecule has 164 valence electrons. The molecule has 7 heteroatoms. The summed E-state index contributed by atoms with van der Waals surface area (Å²) in [6, 6.07) is 13.9. The van der Waals surface area contributed by atoms with Crippen LogP contribution in [0.2, 0.25) is 0 Å². The normalized spacial score (nSPS) is 15.1. The zero-order valence-electron chi connectivity index (χ0n) is 17.4. The van der Waals surface area contributed by atoms with Gasteiger partial charge >= 0.3 is 0 Å². The number of ketones is 1. The summed E-state index contributed by atoms with van der Waals surface area (Å²) >= 11 is 0. The monoisotopic (exact) mass is 418 g/mol. The average Bonchev–Trinajstić information content (AvgIpc) is 2.71. The molecule has 2 aromatic carbocycles. The lowest BCUT2D eigenvalue weighted by molar-refractivity contribution is -0.153. The number of para-hydroxylation sites is 2. The van der Waals surface area contributed by atoms with E-state index in [1.807, 2.05) is 0 Å². The molecule has 0 radical (unpaired) electrons. The predicted octanol–water partition coefficient (Wildman–Crippen LogP) is 1.29. The number of carbonyl (C=O) groups is 1. The van der Waals surface area contributed by atoms with Crippen LogP contribution in [0.15, 0.2) is 48.5 Å². The Morgan fingerprint density at radius 2 is 1.13 bits per heavy atom. The largest absolute Gasteiger partial charge is 0.491 e. The second-order valence-electron chi connectivity index (χ2n) is 7.59. The van der Waals surface area contributed by atoms with Gasteiger partial charge in [0.2, 0.25) is 0 Å². The average molecular weight is 418 g/mol. The fourth-order valence-corrected chi connectivity index (χ4v) is 3.37. The van der Waals surface area contributed by atoms with Crippen molar-refractivity contribution in [3.05, 3.63) is 59.7 Å². The zero-order chi connectivity index (χ0) is 22.2. The van der Waals surface area contributed by atoms with Gasteiger partial charge in [-0.1, -0.05) is 36.4 Å². The van der Waals surface area contributed by atoms with Crippen molar-refractivity contribution in [1.29, 1.82) is 0 Å². The van der Waals surface area contributed by atoms with Crippen LogP contribution < -0.4 is 9.47 Å². The van der Waals surface area contributed by atoms with E-state index in [0.29, 0.717) is 22.6 Å². The number of hydrogen-bond donors (Lipinski definition) is 4. The first kappa shape index (κ1) is 23.8. The second kappa shape index (κ2) is 10.5. The molecule has 2 aromatic rings. The van der Waals surface area contributed by atoms with Gasteiger partial charge in [-0.05, 0) is 37.1 Å². The molecular formula is C23H30O7. The maximum absolute atomic E-state index is 13.1. The predicted molar refractivity (Wildman–Crippen MR) is 112 cm³/mol. The topological polar surface area (TPSA) is 116 Å². The van der Waals surface area contributed by atoms with Crippen molar-refractivity contribution >= 4 is 5.78 Å². The first-order chi connectivity index (χ1) is 14.2. The smallest absolute Gasteiger partial charge is 0.195 e. The molecule has 30 heavy (non-hydrogen) atoms. The number of aliphatic hydroxyl groups is 4. The van der Waals surface area contributed by atoms with Crippen molar-refractivity contribution in [1.82, 2.24) is 0 Å². The Labute approximate surface area is 176 Å². The third-order valence-corrected chi connectivity index (χ3v) is 4.69. The lowest BCUT2D eigenvalue weighted by atomic mass is 9.80. The third-order valence-electron chi connectivity index (χ3n) is 4.69. The van der Waals surface area contributed by atoms with E-state index in [2.05, 4.69) is 0 Å². The third kappa shape index (κ3) is 6.27. The zero-order valence-corrected chi connectivity index (χ0v) is 17.4. The highest BCUT2D eigenvalue weighted by atomic mass is 16.5. The Kier molecular flexibility index (Phi) is 8.37. The molecule has 2 rings (SSSR count). The highest BCUT2D eigenvalue weighted by molar-refractivity contribution is 5.94. The van der Waals surface area contributed by atoms with Crippen LogP contribution in [0.1, 0.15) is 25.0 Å². The Morgan fingerprint density at radius 3 is 1.50 bits per heavy atom. The van der Waals surface area contributed by atoms with Gasteiger partial charge in [0.1, 0.15) is 35.9 Å². The number of rotatable bonds is 12. The van der Waals surface area contributed by atoms with Crippen LogP contribution in [-0.2, 0) is 17.6 Å². The first-order valence-corrected chi connectivity index (χ1v) is 9.84. The standard InChI is InChI=1S/C23H30O7/c1-22(27,15-17-7-3-5-9-19(17)29-13-11-24)21(26)23(2,28)16-18-8-4-6-10-20(18)30-14-12-25/h3-10,24-25,27-28H,11-16H2,1-2H3. The molecular weight excluding hydrogens is 388 g/mol. The summed E-state index contributed by atoms with van der Waals surface area (Å²) in [5, 5.41) is 39.8. The number of aliphatic hydroxyl groups excluding tert-OH is 2. The minimum absolute atomic E-state index is 0.0632. The van der Waals surface area contributed by atoms with E-state index in [1.54, 1.807) is 48.5 Å². The van der Waals surface area contributed by atoms with Crippen LogP contribution in [-0.4, -0.2) is 63.8 Å². The first-order valence-electron chi connectivity index (χ1n) is 9.84. The van der Waals surface area contributed by atoms with Crippen LogP contribution in [0.3, 0.4) is 0 Å². The minimum atomic E-state index is -1.86. The fourth-order valence-electron chi connectivity index (χ4n) is 3.37. The van der Waals surface area contributed by atoms with Gasteiger partial charge in [-0.2, -0.15) is 0 Å². The molecule has 4 N–H and O–H groups in total. The summed E-state index contributed by atoms with van der Waals surface area (Å²) in [5.74, 6) is 0.188. The Hall–Kier alpha value is -2.45. The van der Waals surface area contributed by atoms with Gasteiger partial charge in [-0.3, -0.25) is 4.79 Å². The Balaban J connectivity index is 2.20. The number of ether oxygens (including phenoxy) is 2. The number of Topliss-reactive ketones (excluding diaryl/α,β-unsaturated/α-hetero) is 1. The molecule has 0 spiro atoms. The molecule has 0 saturated carbocycles. The quantitative estimate of drug-likeness (QED) is 0.410.